The highest BCUT2D eigenvalue weighted by atomic mass is 32.2. The molecule has 0 saturated carbocycles. The van der Waals surface area contributed by atoms with Gasteiger partial charge in [-0.25, -0.2) is 8.70 Å². The molecule has 0 aliphatic carbocycles. The Labute approximate surface area is 194 Å². The number of hydrogen-bond donors (Lipinski definition) is 1. The molecule has 2 saturated heterocycles. The molecule has 3 aromatic rings. The number of piperidine rings is 1. The number of hydrogen-bond acceptors (Lipinski definition) is 4. The number of halogens is 1. The van der Waals surface area contributed by atoms with Gasteiger partial charge >= 0.3 is 0 Å². The van der Waals surface area contributed by atoms with Crippen LogP contribution in [0.3, 0.4) is 0 Å². The summed E-state index contributed by atoms with van der Waals surface area (Å²) in [6.07, 6.45) is 9.25. The Morgan fingerprint density at radius 1 is 1.00 bits per heavy atom. The Balaban J connectivity index is 1.15. The molecule has 1 unspecified atom stereocenters. The molecule has 1 aromatic heterocycles. The van der Waals surface area contributed by atoms with E-state index < -0.39 is 0 Å². The number of H-pyrrole nitrogens is 1. The van der Waals surface area contributed by atoms with E-state index in [-0.39, 0.29) is 5.82 Å². The normalized spacial score (nSPS) is 20.5. The van der Waals surface area contributed by atoms with Crippen molar-refractivity contribution in [2.75, 3.05) is 31.1 Å². The molecule has 2 aliphatic heterocycles. The second kappa shape index (κ2) is 10.1. The van der Waals surface area contributed by atoms with Crippen LogP contribution in [0.1, 0.15) is 53.5 Å². The Morgan fingerprint density at radius 3 is 2.59 bits per heavy atom. The maximum Gasteiger partial charge on any atom is 0.128 e. The molecule has 4 nitrogen and oxygen atoms in total. The molecule has 5 rings (SSSR count). The molecule has 0 bridgehead atoms. The van der Waals surface area contributed by atoms with Crippen LogP contribution in [0.4, 0.5) is 10.1 Å². The van der Waals surface area contributed by atoms with Gasteiger partial charge in [-0.1, -0.05) is 48.3 Å². The van der Waals surface area contributed by atoms with Crippen LogP contribution in [0.2, 0.25) is 0 Å². The molecule has 0 amide bonds. The summed E-state index contributed by atoms with van der Waals surface area (Å²) < 4.78 is 17.4. The van der Waals surface area contributed by atoms with Crippen LogP contribution in [0.15, 0.2) is 60.9 Å². The molecule has 0 radical (unpaired) electrons. The van der Waals surface area contributed by atoms with E-state index in [9.17, 15) is 4.39 Å². The van der Waals surface area contributed by atoms with Crippen molar-refractivity contribution >= 4 is 17.6 Å². The van der Waals surface area contributed by atoms with Crippen LogP contribution in [0, 0.1) is 5.82 Å². The number of rotatable bonds is 6. The van der Waals surface area contributed by atoms with Gasteiger partial charge in [-0.3, -0.25) is 5.10 Å². The maximum atomic E-state index is 14.9. The zero-order chi connectivity index (χ0) is 21.8. The average molecular weight is 451 g/mol. The van der Waals surface area contributed by atoms with Gasteiger partial charge < -0.3 is 4.90 Å². The zero-order valence-corrected chi connectivity index (χ0v) is 19.2. The van der Waals surface area contributed by atoms with Crippen LogP contribution in [-0.4, -0.2) is 40.7 Å². The number of nitrogens with one attached hydrogen (secondary N) is 1. The van der Waals surface area contributed by atoms with Gasteiger partial charge in [0.2, 0.25) is 0 Å². The van der Waals surface area contributed by atoms with Gasteiger partial charge in [0.1, 0.15) is 5.82 Å². The third-order valence-electron chi connectivity index (χ3n) is 6.84. The highest BCUT2D eigenvalue weighted by Crippen LogP contribution is 2.39. The van der Waals surface area contributed by atoms with Crippen LogP contribution in [0.5, 0.6) is 0 Å². The first-order valence-corrected chi connectivity index (χ1v) is 12.6. The molecular formula is C26H31FN4S. The second-order valence-corrected chi connectivity index (χ2v) is 10.2. The standard InChI is InChI=1S/C26H31FN4S/c27-25-17-24(30-14-10-20(11-15-30)23-18-28-29-19-23)9-8-21(25)12-16-31-13-4-7-26(32-31)22-5-2-1-3-6-22/h1-3,5-6,8-9,17-20,26H,4,7,10-16H2,(H,28,29). The molecule has 2 aromatic carbocycles. The van der Waals surface area contributed by atoms with Crippen molar-refractivity contribution in [3.8, 4) is 0 Å². The number of aromatic nitrogens is 2. The summed E-state index contributed by atoms with van der Waals surface area (Å²) in [6.45, 7) is 3.89. The lowest BCUT2D eigenvalue weighted by Gasteiger charge is -2.33. The fraction of sp³-hybridized carbons (Fsp3) is 0.423. The molecule has 1 atom stereocenters. The molecule has 3 heterocycles. The lowest BCUT2D eigenvalue weighted by molar-refractivity contribution is 0.424. The first-order valence-electron chi connectivity index (χ1n) is 11.7. The van der Waals surface area contributed by atoms with Gasteiger partial charge in [0.15, 0.2) is 0 Å². The largest absolute Gasteiger partial charge is 0.371 e. The lowest BCUT2D eigenvalue weighted by Crippen LogP contribution is -2.32. The van der Waals surface area contributed by atoms with E-state index in [0.717, 1.165) is 56.7 Å². The van der Waals surface area contributed by atoms with Gasteiger partial charge in [0, 0.05) is 43.3 Å². The molecule has 168 valence electrons. The Morgan fingerprint density at radius 2 is 1.84 bits per heavy atom. The summed E-state index contributed by atoms with van der Waals surface area (Å²) in [5.74, 6) is 0.483. The van der Waals surface area contributed by atoms with Crippen molar-refractivity contribution in [1.29, 1.82) is 0 Å². The Kier molecular flexibility index (Phi) is 6.79. The van der Waals surface area contributed by atoms with Crippen molar-refractivity contribution in [2.24, 2.45) is 0 Å². The SMILES string of the molecule is Fc1cc(N2CCC(c3cn[nH]c3)CC2)ccc1CCN1CCCC(c2ccccc2)S1. The van der Waals surface area contributed by atoms with Crippen molar-refractivity contribution in [3.05, 3.63) is 83.4 Å². The minimum Gasteiger partial charge on any atom is -0.371 e. The van der Waals surface area contributed by atoms with Crippen LogP contribution in [0.25, 0.3) is 0 Å². The highest BCUT2D eigenvalue weighted by Gasteiger charge is 2.24. The predicted octanol–water partition coefficient (Wildman–Crippen LogP) is 5.96. The predicted molar refractivity (Wildman–Crippen MR) is 130 cm³/mol. The van der Waals surface area contributed by atoms with Gasteiger partial charge in [-0.15, -0.1) is 0 Å². The minimum absolute atomic E-state index is 0.0684. The fourth-order valence-corrected chi connectivity index (χ4v) is 6.28. The lowest BCUT2D eigenvalue weighted by atomic mass is 9.91. The van der Waals surface area contributed by atoms with Crippen LogP contribution in [-0.2, 0) is 6.42 Å². The molecular weight excluding hydrogens is 419 g/mol. The van der Waals surface area contributed by atoms with E-state index in [0.29, 0.717) is 11.2 Å². The summed E-state index contributed by atoms with van der Waals surface area (Å²) in [5, 5.41) is 7.50. The van der Waals surface area contributed by atoms with E-state index in [1.54, 1.807) is 6.07 Å². The van der Waals surface area contributed by atoms with Crippen molar-refractivity contribution in [2.45, 2.75) is 43.3 Å². The molecule has 1 N–H and O–H groups in total. The first-order chi connectivity index (χ1) is 15.8. The monoisotopic (exact) mass is 450 g/mol. The molecule has 6 heteroatoms. The molecule has 32 heavy (non-hydrogen) atoms. The minimum atomic E-state index is -0.0684. The van der Waals surface area contributed by atoms with Crippen molar-refractivity contribution in [3.63, 3.8) is 0 Å². The number of nitrogens with zero attached hydrogens (tertiary/aromatic N) is 3. The quantitative estimate of drug-likeness (QED) is 0.470. The summed E-state index contributed by atoms with van der Waals surface area (Å²) in [7, 11) is 0. The van der Waals surface area contributed by atoms with Crippen LogP contribution < -0.4 is 4.90 Å². The van der Waals surface area contributed by atoms with E-state index in [1.165, 1.54) is 24.0 Å². The summed E-state index contributed by atoms with van der Waals surface area (Å²) in [5.41, 5.74) is 4.52. The van der Waals surface area contributed by atoms with E-state index in [2.05, 4.69) is 55.8 Å². The zero-order valence-electron chi connectivity index (χ0n) is 18.4. The summed E-state index contributed by atoms with van der Waals surface area (Å²) >= 11 is 1.93. The topological polar surface area (TPSA) is 35.2 Å². The summed E-state index contributed by atoms with van der Waals surface area (Å²) in [4.78, 5) is 2.31. The van der Waals surface area contributed by atoms with Gasteiger partial charge in [0.25, 0.3) is 0 Å². The molecule has 2 aliphatic rings. The van der Waals surface area contributed by atoms with E-state index in [4.69, 9.17) is 0 Å². The average Bonchev–Trinajstić information content (AvgIpc) is 3.39. The first kappa shape index (κ1) is 21.5. The smallest absolute Gasteiger partial charge is 0.128 e. The molecule has 0 spiro atoms. The van der Waals surface area contributed by atoms with Gasteiger partial charge in [0.05, 0.1) is 6.20 Å². The third-order valence-corrected chi connectivity index (χ3v) is 8.27. The number of anilines is 1. The van der Waals surface area contributed by atoms with E-state index in [1.807, 2.05) is 30.4 Å². The van der Waals surface area contributed by atoms with E-state index >= 15 is 0 Å². The summed E-state index contributed by atoms with van der Waals surface area (Å²) in [6, 6.07) is 16.6. The van der Waals surface area contributed by atoms with Crippen molar-refractivity contribution < 1.29 is 4.39 Å². The fourth-order valence-electron chi connectivity index (χ4n) is 4.93. The van der Waals surface area contributed by atoms with Crippen molar-refractivity contribution in [1.82, 2.24) is 14.5 Å². The number of benzene rings is 2. The Hall–Kier alpha value is -2.31. The highest BCUT2D eigenvalue weighted by molar-refractivity contribution is 7.97. The van der Waals surface area contributed by atoms with Gasteiger partial charge in [-0.05, 0) is 66.8 Å². The maximum absolute atomic E-state index is 14.9. The third kappa shape index (κ3) is 5.02. The van der Waals surface area contributed by atoms with Gasteiger partial charge in [-0.2, -0.15) is 5.10 Å². The van der Waals surface area contributed by atoms with Crippen LogP contribution >= 0.6 is 11.9 Å². The Bertz CT molecular complexity index is 986. The number of aromatic amines is 1. The molecule has 2 fully saturated rings. The second-order valence-electron chi connectivity index (χ2n) is 8.89.